The maximum atomic E-state index is 11.0. The minimum Gasteiger partial charge on any atom is -0.300 e. The summed E-state index contributed by atoms with van der Waals surface area (Å²) in [7, 11) is 0. The Hall–Kier alpha value is -0.370. The molecule has 0 atom stereocenters. The zero-order chi connectivity index (χ0) is 9.47. The molecule has 0 aromatic heterocycles. The van der Waals surface area contributed by atoms with Crippen LogP contribution in [0.15, 0.2) is 0 Å². The first-order valence-corrected chi connectivity index (χ1v) is 5.33. The number of nitrogens with zero attached hydrogens (tertiary/aromatic N) is 1. The summed E-state index contributed by atoms with van der Waals surface area (Å²) < 4.78 is 0. The molecule has 0 radical (unpaired) electrons. The normalized spacial score (nSPS) is 30.2. The predicted octanol–water partition coefficient (Wildman–Crippen LogP) is 1.84. The highest BCUT2D eigenvalue weighted by molar-refractivity contribution is 5.79. The third-order valence-corrected chi connectivity index (χ3v) is 3.45. The molecule has 1 saturated carbocycles. The van der Waals surface area contributed by atoms with E-state index in [0.717, 1.165) is 32.0 Å². The van der Waals surface area contributed by atoms with Gasteiger partial charge in [-0.25, -0.2) is 0 Å². The number of carbonyl (C=O) groups is 1. The lowest BCUT2D eigenvalue weighted by Crippen LogP contribution is -2.51. The van der Waals surface area contributed by atoms with Crippen LogP contribution in [0.4, 0.5) is 0 Å². The van der Waals surface area contributed by atoms with Gasteiger partial charge in [0.2, 0.25) is 0 Å². The average Bonchev–Trinajstić information content (AvgIpc) is 2.01. The van der Waals surface area contributed by atoms with Gasteiger partial charge in [0.15, 0.2) is 0 Å². The second-order valence-corrected chi connectivity index (χ2v) is 5.30. The number of Topliss-reactive ketones (excluding diaryl/α,β-unsaturated/α-hetero) is 1. The van der Waals surface area contributed by atoms with Gasteiger partial charge in [0.05, 0.1) is 0 Å². The molecule has 2 fully saturated rings. The molecule has 13 heavy (non-hydrogen) atoms. The first kappa shape index (κ1) is 9.20. The van der Waals surface area contributed by atoms with Crippen molar-refractivity contribution in [3.8, 4) is 0 Å². The van der Waals surface area contributed by atoms with Crippen LogP contribution in [0.1, 0.15) is 39.5 Å². The van der Waals surface area contributed by atoms with Gasteiger partial charge in [0.1, 0.15) is 5.78 Å². The first-order chi connectivity index (χ1) is 6.07. The van der Waals surface area contributed by atoms with Crippen LogP contribution < -0.4 is 0 Å². The van der Waals surface area contributed by atoms with E-state index in [1.807, 2.05) is 0 Å². The van der Waals surface area contributed by atoms with Crippen molar-refractivity contribution in [1.82, 2.24) is 4.90 Å². The standard InChI is InChI=1S/C11H19NO/c1-11(2)7-9(8-11)12-5-3-10(13)4-6-12/h9H,3-8H2,1-2H3. The lowest BCUT2D eigenvalue weighted by molar-refractivity contribution is -0.123. The van der Waals surface area contributed by atoms with E-state index in [0.29, 0.717) is 11.2 Å². The van der Waals surface area contributed by atoms with E-state index >= 15 is 0 Å². The molecule has 2 aliphatic rings. The van der Waals surface area contributed by atoms with Gasteiger partial charge in [0.25, 0.3) is 0 Å². The Balaban J connectivity index is 1.81. The summed E-state index contributed by atoms with van der Waals surface area (Å²) in [5, 5.41) is 0. The average molecular weight is 181 g/mol. The molecule has 1 aliphatic heterocycles. The fraction of sp³-hybridized carbons (Fsp3) is 0.909. The van der Waals surface area contributed by atoms with Gasteiger partial charge in [-0.05, 0) is 18.3 Å². The largest absolute Gasteiger partial charge is 0.300 e. The van der Waals surface area contributed by atoms with Crippen LogP contribution in [-0.4, -0.2) is 29.8 Å². The summed E-state index contributed by atoms with van der Waals surface area (Å²) in [5.74, 6) is 0.454. The smallest absolute Gasteiger partial charge is 0.135 e. The van der Waals surface area contributed by atoms with Crippen LogP contribution in [0.5, 0.6) is 0 Å². The van der Waals surface area contributed by atoms with Gasteiger partial charge in [-0.15, -0.1) is 0 Å². The highest BCUT2D eigenvalue weighted by Gasteiger charge is 2.39. The summed E-state index contributed by atoms with van der Waals surface area (Å²) >= 11 is 0. The molecule has 1 saturated heterocycles. The number of carbonyl (C=O) groups excluding carboxylic acids is 1. The molecule has 0 N–H and O–H groups in total. The SMILES string of the molecule is CC1(C)CC(N2CCC(=O)CC2)C1. The number of ketones is 1. The van der Waals surface area contributed by atoms with E-state index in [1.165, 1.54) is 12.8 Å². The summed E-state index contributed by atoms with van der Waals surface area (Å²) in [6, 6.07) is 0.781. The maximum absolute atomic E-state index is 11.0. The molecule has 0 aromatic rings. The molecular weight excluding hydrogens is 162 g/mol. The van der Waals surface area contributed by atoms with Gasteiger partial charge in [-0.2, -0.15) is 0 Å². The molecule has 74 valence electrons. The lowest BCUT2D eigenvalue weighted by atomic mass is 9.67. The van der Waals surface area contributed by atoms with E-state index in [2.05, 4.69) is 18.7 Å². The molecule has 0 spiro atoms. The van der Waals surface area contributed by atoms with Crippen molar-refractivity contribution in [2.75, 3.05) is 13.1 Å². The van der Waals surface area contributed by atoms with Gasteiger partial charge in [-0.1, -0.05) is 13.8 Å². The van der Waals surface area contributed by atoms with Crippen molar-refractivity contribution in [2.45, 2.75) is 45.6 Å². The van der Waals surface area contributed by atoms with Gasteiger partial charge in [-0.3, -0.25) is 9.69 Å². The van der Waals surface area contributed by atoms with E-state index in [9.17, 15) is 4.79 Å². The summed E-state index contributed by atoms with van der Waals surface area (Å²) in [6.07, 6.45) is 4.22. The first-order valence-electron chi connectivity index (χ1n) is 5.33. The Morgan fingerprint density at radius 1 is 1.23 bits per heavy atom. The van der Waals surface area contributed by atoms with Crippen LogP contribution >= 0.6 is 0 Å². The zero-order valence-electron chi connectivity index (χ0n) is 8.68. The summed E-state index contributed by atoms with van der Waals surface area (Å²) in [4.78, 5) is 13.5. The van der Waals surface area contributed by atoms with E-state index < -0.39 is 0 Å². The Kier molecular flexibility index (Phi) is 2.18. The van der Waals surface area contributed by atoms with Crippen molar-refractivity contribution >= 4 is 5.78 Å². The van der Waals surface area contributed by atoms with Crippen molar-refractivity contribution < 1.29 is 4.79 Å². The molecule has 1 heterocycles. The molecular formula is C11H19NO. The minimum absolute atomic E-state index is 0.454. The maximum Gasteiger partial charge on any atom is 0.135 e. The van der Waals surface area contributed by atoms with Gasteiger partial charge >= 0.3 is 0 Å². The van der Waals surface area contributed by atoms with E-state index in [-0.39, 0.29) is 0 Å². The van der Waals surface area contributed by atoms with Gasteiger partial charge < -0.3 is 0 Å². The van der Waals surface area contributed by atoms with Crippen LogP contribution in [0.25, 0.3) is 0 Å². The number of likely N-dealkylation sites (tertiary alicyclic amines) is 1. The van der Waals surface area contributed by atoms with E-state index in [4.69, 9.17) is 0 Å². The number of hydrogen-bond donors (Lipinski definition) is 0. The zero-order valence-corrected chi connectivity index (χ0v) is 8.68. The third kappa shape index (κ3) is 1.93. The summed E-state index contributed by atoms with van der Waals surface area (Å²) in [5.41, 5.74) is 0.562. The predicted molar refractivity (Wildman–Crippen MR) is 52.6 cm³/mol. The van der Waals surface area contributed by atoms with E-state index in [1.54, 1.807) is 0 Å². The molecule has 0 aromatic carbocycles. The Morgan fingerprint density at radius 2 is 1.77 bits per heavy atom. The van der Waals surface area contributed by atoms with Crippen LogP contribution in [0, 0.1) is 5.41 Å². The molecule has 1 aliphatic carbocycles. The number of piperidine rings is 1. The van der Waals surface area contributed by atoms with Crippen molar-refractivity contribution in [2.24, 2.45) is 5.41 Å². The molecule has 2 rings (SSSR count). The topological polar surface area (TPSA) is 20.3 Å². The lowest BCUT2D eigenvalue weighted by Gasteiger charge is -2.49. The Morgan fingerprint density at radius 3 is 2.23 bits per heavy atom. The second-order valence-electron chi connectivity index (χ2n) is 5.30. The number of hydrogen-bond acceptors (Lipinski definition) is 2. The molecule has 2 nitrogen and oxygen atoms in total. The highest BCUT2D eigenvalue weighted by atomic mass is 16.1. The van der Waals surface area contributed by atoms with Crippen LogP contribution in [0.3, 0.4) is 0 Å². The van der Waals surface area contributed by atoms with Crippen molar-refractivity contribution in [3.63, 3.8) is 0 Å². The second kappa shape index (κ2) is 3.09. The Labute approximate surface area is 80.3 Å². The Bertz CT molecular complexity index is 204. The molecule has 0 unspecified atom stereocenters. The van der Waals surface area contributed by atoms with Crippen molar-refractivity contribution in [1.29, 1.82) is 0 Å². The monoisotopic (exact) mass is 181 g/mol. The quantitative estimate of drug-likeness (QED) is 0.615. The fourth-order valence-corrected chi connectivity index (χ4v) is 2.61. The van der Waals surface area contributed by atoms with Crippen molar-refractivity contribution in [3.05, 3.63) is 0 Å². The molecule has 0 bridgehead atoms. The summed E-state index contributed by atoms with van der Waals surface area (Å²) in [6.45, 7) is 6.69. The third-order valence-electron chi connectivity index (χ3n) is 3.45. The highest BCUT2D eigenvalue weighted by Crippen LogP contribution is 2.43. The molecule has 0 amide bonds. The number of rotatable bonds is 1. The fourth-order valence-electron chi connectivity index (χ4n) is 2.61. The molecule has 2 heteroatoms. The van der Waals surface area contributed by atoms with Crippen LogP contribution in [-0.2, 0) is 4.79 Å². The van der Waals surface area contributed by atoms with Gasteiger partial charge in [0, 0.05) is 32.0 Å². The minimum atomic E-state index is 0.454. The van der Waals surface area contributed by atoms with Crippen LogP contribution in [0.2, 0.25) is 0 Å².